The predicted octanol–water partition coefficient (Wildman–Crippen LogP) is 2.72. The van der Waals surface area contributed by atoms with E-state index >= 15 is 0 Å². The molecule has 1 heterocycles. The Morgan fingerprint density at radius 2 is 2.16 bits per heavy atom. The Kier molecular flexibility index (Phi) is 4.13. The van der Waals surface area contributed by atoms with Crippen molar-refractivity contribution in [3.8, 4) is 5.75 Å². The average Bonchev–Trinajstić information content (AvgIpc) is 2.41. The van der Waals surface area contributed by atoms with Gasteiger partial charge < -0.3 is 10.1 Å². The van der Waals surface area contributed by atoms with E-state index < -0.39 is 0 Å². The summed E-state index contributed by atoms with van der Waals surface area (Å²) in [6.45, 7) is 3.93. The predicted molar refractivity (Wildman–Crippen MR) is 74.3 cm³/mol. The van der Waals surface area contributed by atoms with Crippen molar-refractivity contribution in [3.63, 3.8) is 0 Å². The fourth-order valence-corrected chi connectivity index (χ4v) is 1.64. The summed E-state index contributed by atoms with van der Waals surface area (Å²) in [5.74, 6) is 0.537. The van der Waals surface area contributed by atoms with Gasteiger partial charge in [0.05, 0.1) is 11.9 Å². The topological polar surface area (TPSA) is 51.2 Å². The van der Waals surface area contributed by atoms with Gasteiger partial charge >= 0.3 is 0 Å². The van der Waals surface area contributed by atoms with Gasteiger partial charge in [0.2, 0.25) is 0 Å². The third kappa shape index (κ3) is 3.81. The van der Waals surface area contributed by atoms with Crippen molar-refractivity contribution in [2.24, 2.45) is 0 Å². The minimum absolute atomic E-state index is 0.0147. The molecule has 2 rings (SSSR count). The van der Waals surface area contributed by atoms with Gasteiger partial charge in [-0.25, -0.2) is 0 Å². The number of hydrogen-bond acceptors (Lipinski definition) is 3. The van der Waals surface area contributed by atoms with E-state index in [4.69, 9.17) is 4.74 Å². The molecule has 0 aliphatic carbocycles. The van der Waals surface area contributed by atoms with E-state index in [-0.39, 0.29) is 12.5 Å². The van der Waals surface area contributed by atoms with Gasteiger partial charge in [0, 0.05) is 6.20 Å². The maximum absolute atomic E-state index is 11.7. The van der Waals surface area contributed by atoms with E-state index in [1.54, 1.807) is 24.5 Å². The fourth-order valence-electron chi connectivity index (χ4n) is 1.64. The highest BCUT2D eigenvalue weighted by molar-refractivity contribution is 5.91. The first-order chi connectivity index (χ1) is 9.15. The van der Waals surface area contributed by atoms with Crippen molar-refractivity contribution in [2.45, 2.75) is 13.8 Å². The van der Waals surface area contributed by atoms with Gasteiger partial charge in [0.15, 0.2) is 6.61 Å². The molecule has 1 N–H and O–H groups in total. The lowest BCUT2D eigenvalue weighted by Crippen LogP contribution is -2.20. The van der Waals surface area contributed by atoms with Crippen LogP contribution in [0.1, 0.15) is 11.1 Å². The molecule has 0 aliphatic rings. The zero-order valence-corrected chi connectivity index (χ0v) is 11.0. The first-order valence-electron chi connectivity index (χ1n) is 6.05. The van der Waals surface area contributed by atoms with Crippen LogP contribution in [0, 0.1) is 13.8 Å². The van der Waals surface area contributed by atoms with Crippen molar-refractivity contribution in [1.82, 2.24) is 4.98 Å². The molecule has 4 heteroatoms. The lowest BCUT2D eigenvalue weighted by molar-refractivity contribution is -0.118. The van der Waals surface area contributed by atoms with E-state index in [1.165, 1.54) is 0 Å². The zero-order chi connectivity index (χ0) is 13.7. The van der Waals surface area contributed by atoms with Crippen LogP contribution in [-0.4, -0.2) is 17.5 Å². The molecule has 0 unspecified atom stereocenters. The number of aromatic nitrogens is 1. The van der Waals surface area contributed by atoms with Crippen molar-refractivity contribution in [1.29, 1.82) is 0 Å². The second kappa shape index (κ2) is 6.00. The van der Waals surface area contributed by atoms with Gasteiger partial charge in [-0.15, -0.1) is 0 Å². The van der Waals surface area contributed by atoms with Gasteiger partial charge in [-0.3, -0.25) is 9.78 Å². The first-order valence-corrected chi connectivity index (χ1v) is 6.05. The molecule has 1 amide bonds. The highest BCUT2D eigenvalue weighted by Gasteiger charge is 2.05. The lowest BCUT2D eigenvalue weighted by Gasteiger charge is -2.10. The Hall–Kier alpha value is -2.36. The Bertz CT molecular complexity index is 568. The average molecular weight is 256 g/mol. The molecule has 0 saturated carbocycles. The number of anilines is 1. The molecular formula is C15H16N2O2. The number of hydrogen-bond donors (Lipinski definition) is 1. The summed E-state index contributed by atoms with van der Waals surface area (Å²) >= 11 is 0. The van der Waals surface area contributed by atoms with Crippen molar-refractivity contribution in [3.05, 3.63) is 53.9 Å². The Labute approximate surface area is 112 Å². The van der Waals surface area contributed by atoms with E-state index in [0.29, 0.717) is 5.69 Å². The summed E-state index contributed by atoms with van der Waals surface area (Å²) in [5.41, 5.74) is 2.78. The van der Waals surface area contributed by atoms with Crippen LogP contribution in [0.4, 0.5) is 5.69 Å². The van der Waals surface area contributed by atoms with E-state index in [2.05, 4.69) is 10.3 Å². The number of carbonyl (C=O) groups excluding carboxylic acids is 1. The van der Waals surface area contributed by atoms with Crippen LogP contribution in [0.15, 0.2) is 42.7 Å². The molecule has 0 saturated heterocycles. The van der Waals surface area contributed by atoms with Crippen LogP contribution in [-0.2, 0) is 4.79 Å². The van der Waals surface area contributed by atoms with Crippen LogP contribution in [0.3, 0.4) is 0 Å². The molecule has 0 bridgehead atoms. The van der Waals surface area contributed by atoms with Crippen molar-refractivity contribution >= 4 is 11.6 Å². The summed E-state index contributed by atoms with van der Waals surface area (Å²) in [5, 5.41) is 2.72. The summed E-state index contributed by atoms with van der Waals surface area (Å²) in [4.78, 5) is 15.6. The molecule has 1 aromatic carbocycles. The number of pyridine rings is 1. The molecule has 0 fully saturated rings. The first kappa shape index (κ1) is 13.1. The van der Waals surface area contributed by atoms with Crippen LogP contribution < -0.4 is 10.1 Å². The SMILES string of the molecule is Cc1ccc(C)c(OCC(=O)Nc2cccnc2)c1. The van der Waals surface area contributed by atoms with Crippen LogP contribution >= 0.6 is 0 Å². The molecule has 4 nitrogen and oxygen atoms in total. The third-order valence-corrected chi connectivity index (χ3v) is 2.65. The van der Waals surface area contributed by atoms with Crippen LogP contribution in [0.5, 0.6) is 5.75 Å². The van der Waals surface area contributed by atoms with Crippen molar-refractivity contribution in [2.75, 3.05) is 11.9 Å². The molecule has 98 valence electrons. The highest BCUT2D eigenvalue weighted by atomic mass is 16.5. The van der Waals surface area contributed by atoms with Crippen LogP contribution in [0.2, 0.25) is 0 Å². The molecule has 0 aliphatic heterocycles. The van der Waals surface area contributed by atoms with Gasteiger partial charge in [-0.05, 0) is 43.2 Å². The van der Waals surface area contributed by atoms with Gasteiger partial charge in [0.25, 0.3) is 5.91 Å². The number of nitrogens with zero attached hydrogens (tertiary/aromatic N) is 1. The minimum atomic E-state index is -0.200. The number of carbonyl (C=O) groups is 1. The van der Waals surface area contributed by atoms with E-state index in [1.807, 2.05) is 32.0 Å². The number of nitrogens with one attached hydrogen (secondary N) is 1. The minimum Gasteiger partial charge on any atom is -0.483 e. The third-order valence-electron chi connectivity index (χ3n) is 2.65. The Balaban J connectivity index is 1.92. The quantitative estimate of drug-likeness (QED) is 0.915. The zero-order valence-electron chi connectivity index (χ0n) is 11.0. The molecular weight excluding hydrogens is 240 g/mol. The second-order valence-corrected chi connectivity index (χ2v) is 4.35. The van der Waals surface area contributed by atoms with Gasteiger partial charge in [-0.2, -0.15) is 0 Å². The molecule has 19 heavy (non-hydrogen) atoms. The summed E-state index contributed by atoms with van der Waals surface area (Å²) in [7, 11) is 0. The fraction of sp³-hybridized carbons (Fsp3) is 0.200. The van der Waals surface area contributed by atoms with E-state index in [0.717, 1.165) is 16.9 Å². The number of aryl methyl sites for hydroxylation is 2. The standard InChI is InChI=1S/C15H16N2O2/c1-11-5-6-12(2)14(8-11)19-10-15(18)17-13-4-3-7-16-9-13/h3-9H,10H2,1-2H3,(H,17,18). The normalized spacial score (nSPS) is 10.0. The lowest BCUT2D eigenvalue weighted by atomic mass is 10.1. The number of benzene rings is 1. The Morgan fingerprint density at radius 3 is 2.89 bits per heavy atom. The second-order valence-electron chi connectivity index (χ2n) is 4.35. The summed E-state index contributed by atoms with van der Waals surface area (Å²) in [6.07, 6.45) is 3.25. The monoisotopic (exact) mass is 256 g/mol. The van der Waals surface area contributed by atoms with Crippen LogP contribution in [0.25, 0.3) is 0 Å². The molecule has 0 spiro atoms. The molecule has 0 radical (unpaired) electrons. The summed E-state index contributed by atoms with van der Waals surface area (Å²) in [6, 6.07) is 9.46. The molecule has 2 aromatic rings. The van der Waals surface area contributed by atoms with Gasteiger partial charge in [0.1, 0.15) is 5.75 Å². The van der Waals surface area contributed by atoms with Gasteiger partial charge in [-0.1, -0.05) is 12.1 Å². The maximum atomic E-state index is 11.7. The summed E-state index contributed by atoms with van der Waals surface area (Å²) < 4.78 is 5.52. The number of ether oxygens (including phenoxy) is 1. The highest BCUT2D eigenvalue weighted by Crippen LogP contribution is 2.18. The molecule has 0 atom stereocenters. The van der Waals surface area contributed by atoms with Crippen molar-refractivity contribution < 1.29 is 9.53 Å². The maximum Gasteiger partial charge on any atom is 0.262 e. The Morgan fingerprint density at radius 1 is 1.32 bits per heavy atom. The largest absolute Gasteiger partial charge is 0.483 e. The smallest absolute Gasteiger partial charge is 0.262 e. The number of amides is 1. The molecule has 1 aromatic heterocycles. The number of rotatable bonds is 4. The van der Waals surface area contributed by atoms with E-state index in [9.17, 15) is 4.79 Å².